The summed E-state index contributed by atoms with van der Waals surface area (Å²) in [6, 6.07) is 0. The zero-order valence-corrected chi connectivity index (χ0v) is 10.1. The summed E-state index contributed by atoms with van der Waals surface area (Å²) in [7, 11) is 0. The molecule has 2 unspecified atom stereocenters. The first-order valence-electron chi connectivity index (χ1n) is 6.60. The van der Waals surface area contributed by atoms with Crippen LogP contribution in [0.25, 0.3) is 0 Å². The molecule has 0 saturated carbocycles. The summed E-state index contributed by atoms with van der Waals surface area (Å²) in [5, 5.41) is 8.58. The molecule has 1 aromatic heterocycles. The summed E-state index contributed by atoms with van der Waals surface area (Å²) < 4.78 is 7.66. The van der Waals surface area contributed by atoms with E-state index < -0.39 is 0 Å². The van der Waals surface area contributed by atoms with Gasteiger partial charge in [0, 0.05) is 26.1 Å². The van der Waals surface area contributed by atoms with Crippen molar-refractivity contribution < 1.29 is 4.74 Å². The molecule has 1 fully saturated rings. The van der Waals surface area contributed by atoms with Gasteiger partial charge in [0.05, 0.1) is 6.17 Å². The molecule has 5 heteroatoms. The van der Waals surface area contributed by atoms with Crippen LogP contribution in [-0.4, -0.2) is 28.0 Å². The molecule has 2 aliphatic heterocycles. The molecule has 3 rings (SSSR count). The lowest BCUT2D eigenvalue weighted by Crippen LogP contribution is -2.28. The van der Waals surface area contributed by atoms with E-state index in [1.807, 2.05) is 0 Å². The fourth-order valence-electron chi connectivity index (χ4n) is 2.88. The van der Waals surface area contributed by atoms with Crippen LogP contribution in [0, 0.1) is 5.92 Å². The van der Waals surface area contributed by atoms with Crippen molar-refractivity contribution in [3.63, 3.8) is 0 Å². The molecular weight excluding hydrogens is 216 g/mol. The van der Waals surface area contributed by atoms with Gasteiger partial charge in [-0.2, -0.15) is 0 Å². The van der Waals surface area contributed by atoms with Crippen LogP contribution >= 0.6 is 0 Å². The molecule has 0 amide bonds. The van der Waals surface area contributed by atoms with E-state index in [1.165, 1.54) is 6.42 Å². The van der Waals surface area contributed by atoms with Gasteiger partial charge in [0.15, 0.2) is 0 Å². The molecule has 1 aromatic rings. The van der Waals surface area contributed by atoms with Gasteiger partial charge in [0.2, 0.25) is 0 Å². The summed E-state index contributed by atoms with van der Waals surface area (Å²) >= 11 is 0. The fraction of sp³-hybridized carbons (Fsp3) is 0.833. The van der Waals surface area contributed by atoms with Gasteiger partial charge >= 0.3 is 0 Å². The molecule has 2 aliphatic rings. The number of aryl methyl sites for hydroxylation is 1. The van der Waals surface area contributed by atoms with Gasteiger partial charge in [-0.25, -0.2) is 0 Å². The Morgan fingerprint density at radius 1 is 1.29 bits per heavy atom. The summed E-state index contributed by atoms with van der Waals surface area (Å²) in [5.41, 5.74) is 6.15. The molecule has 17 heavy (non-hydrogen) atoms. The average Bonchev–Trinajstić information content (AvgIpc) is 2.75. The van der Waals surface area contributed by atoms with E-state index >= 15 is 0 Å². The minimum atomic E-state index is 0.0771. The van der Waals surface area contributed by atoms with E-state index in [2.05, 4.69) is 14.8 Å². The van der Waals surface area contributed by atoms with E-state index in [0.29, 0.717) is 5.92 Å². The van der Waals surface area contributed by atoms with Crippen molar-refractivity contribution in [2.75, 3.05) is 13.2 Å². The second-order valence-electron chi connectivity index (χ2n) is 5.15. The van der Waals surface area contributed by atoms with Gasteiger partial charge in [-0.05, 0) is 31.6 Å². The number of nitrogens with two attached hydrogens (primary N) is 1. The molecule has 3 heterocycles. The van der Waals surface area contributed by atoms with Crippen molar-refractivity contribution >= 4 is 0 Å². The van der Waals surface area contributed by atoms with Crippen LogP contribution in [0.5, 0.6) is 0 Å². The quantitative estimate of drug-likeness (QED) is 0.833. The molecule has 5 nitrogen and oxygen atoms in total. The standard InChI is InChI=1S/C12H20N4O/c13-10-4-1-5-11-14-15-12(16(10)11)7-9-3-2-6-17-8-9/h9-10H,1-8,13H2. The van der Waals surface area contributed by atoms with Crippen LogP contribution in [0.15, 0.2) is 0 Å². The maximum atomic E-state index is 6.15. The van der Waals surface area contributed by atoms with Crippen molar-refractivity contribution in [1.29, 1.82) is 0 Å². The number of aromatic nitrogens is 3. The second kappa shape index (κ2) is 4.74. The Balaban J connectivity index is 1.76. The van der Waals surface area contributed by atoms with Crippen molar-refractivity contribution in [2.24, 2.45) is 11.7 Å². The third kappa shape index (κ3) is 2.21. The summed E-state index contributed by atoms with van der Waals surface area (Å²) in [4.78, 5) is 0. The number of hydrogen-bond acceptors (Lipinski definition) is 4. The van der Waals surface area contributed by atoms with Crippen LogP contribution in [0.2, 0.25) is 0 Å². The van der Waals surface area contributed by atoms with Crippen LogP contribution in [-0.2, 0) is 17.6 Å². The first-order chi connectivity index (χ1) is 8.34. The number of hydrogen-bond donors (Lipinski definition) is 1. The van der Waals surface area contributed by atoms with Gasteiger partial charge in [-0.1, -0.05) is 0 Å². The monoisotopic (exact) mass is 236 g/mol. The van der Waals surface area contributed by atoms with Crippen LogP contribution in [0.4, 0.5) is 0 Å². The van der Waals surface area contributed by atoms with Crippen molar-refractivity contribution in [3.8, 4) is 0 Å². The van der Waals surface area contributed by atoms with E-state index in [-0.39, 0.29) is 6.17 Å². The highest BCUT2D eigenvalue weighted by molar-refractivity contribution is 5.02. The molecule has 0 bridgehead atoms. The van der Waals surface area contributed by atoms with E-state index in [0.717, 1.165) is 57.0 Å². The zero-order chi connectivity index (χ0) is 11.7. The number of fused-ring (bicyclic) bond motifs is 1. The molecule has 0 aliphatic carbocycles. The third-order valence-corrected chi connectivity index (χ3v) is 3.79. The minimum Gasteiger partial charge on any atom is -0.381 e. The highest BCUT2D eigenvalue weighted by Gasteiger charge is 2.24. The Morgan fingerprint density at radius 3 is 3.06 bits per heavy atom. The number of nitrogens with zero attached hydrogens (tertiary/aromatic N) is 3. The lowest BCUT2D eigenvalue weighted by molar-refractivity contribution is 0.0537. The lowest BCUT2D eigenvalue weighted by Gasteiger charge is -2.25. The largest absolute Gasteiger partial charge is 0.381 e. The smallest absolute Gasteiger partial charge is 0.134 e. The maximum Gasteiger partial charge on any atom is 0.134 e. The van der Waals surface area contributed by atoms with Crippen molar-refractivity contribution in [1.82, 2.24) is 14.8 Å². The Labute approximate surface area is 101 Å². The Hall–Kier alpha value is -0.940. The van der Waals surface area contributed by atoms with Crippen molar-refractivity contribution in [2.45, 2.75) is 44.7 Å². The zero-order valence-electron chi connectivity index (χ0n) is 10.1. The number of rotatable bonds is 2. The molecular formula is C12H20N4O. The normalized spacial score (nSPS) is 29.0. The predicted octanol–water partition coefficient (Wildman–Crippen LogP) is 1.04. The first-order valence-corrected chi connectivity index (χ1v) is 6.60. The van der Waals surface area contributed by atoms with Gasteiger partial charge < -0.3 is 10.5 Å². The van der Waals surface area contributed by atoms with Crippen LogP contribution < -0.4 is 5.73 Å². The molecule has 2 N–H and O–H groups in total. The second-order valence-corrected chi connectivity index (χ2v) is 5.15. The Kier molecular flexibility index (Phi) is 3.11. The average molecular weight is 236 g/mol. The molecule has 0 spiro atoms. The van der Waals surface area contributed by atoms with Crippen LogP contribution in [0.3, 0.4) is 0 Å². The molecule has 94 valence electrons. The SMILES string of the molecule is NC1CCCc2nnc(CC3CCCOC3)n21. The Bertz CT molecular complexity index is 384. The summed E-state index contributed by atoms with van der Waals surface area (Å²) in [6.07, 6.45) is 6.62. The third-order valence-electron chi connectivity index (χ3n) is 3.79. The highest BCUT2D eigenvalue weighted by Crippen LogP contribution is 2.24. The van der Waals surface area contributed by atoms with Gasteiger partial charge in [-0.3, -0.25) is 4.57 Å². The molecule has 0 radical (unpaired) electrons. The van der Waals surface area contributed by atoms with E-state index in [4.69, 9.17) is 10.5 Å². The van der Waals surface area contributed by atoms with Gasteiger partial charge in [0.1, 0.15) is 11.6 Å². The first kappa shape index (κ1) is 11.2. The minimum absolute atomic E-state index is 0.0771. The molecule has 0 aromatic carbocycles. The highest BCUT2D eigenvalue weighted by atomic mass is 16.5. The Morgan fingerprint density at radius 2 is 2.24 bits per heavy atom. The number of ether oxygens (including phenoxy) is 1. The lowest BCUT2D eigenvalue weighted by atomic mass is 9.98. The fourth-order valence-corrected chi connectivity index (χ4v) is 2.88. The van der Waals surface area contributed by atoms with Crippen LogP contribution in [0.1, 0.15) is 43.5 Å². The van der Waals surface area contributed by atoms with E-state index in [1.54, 1.807) is 0 Å². The van der Waals surface area contributed by atoms with E-state index in [9.17, 15) is 0 Å². The predicted molar refractivity (Wildman–Crippen MR) is 63.4 cm³/mol. The topological polar surface area (TPSA) is 66.0 Å². The maximum absolute atomic E-state index is 6.15. The van der Waals surface area contributed by atoms with Gasteiger partial charge in [0.25, 0.3) is 0 Å². The van der Waals surface area contributed by atoms with Gasteiger partial charge in [-0.15, -0.1) is 10.2 Å². The van der Waals surface area contributed by atoms with Crippen molar-refractivity contribution in [3.05, 3.63) is 11.6 Å². The summed E-state index contributed by atoms with van der Waals surface area (Å²) in [5.74, 6) is 2.71. The summed E-state index contributed by atoms with van der Waals surface area (Å²) in [6.45, 7) is 1.77. The molecule has 1 saturated heterocycles. The molecule has 2 atom stereocenters.